The van der Waals surface area contributed by atoms with Crippen LogP contribution in [0.1, 0.15) is 11.1 Å². The number of non-ortho nitro benzene ring substituents is 1. The first kappa shape index (κ1) is 19.8. The van der Waals surface area contributed by atoms with Crippen LogP contribution in [0.4, 0.5) is 5.69 Å². The van der Waals surface area contributed by atoms with Gasteiger partial charge in [-0.05, 0) is 24.3 Å². The smallest absolute Gasteiger partial charge is 0.269 e. The lowest BCUT2D eigenvalue weighted by Crippen LogP contribution is -2.60. The molecule has 0 bridgehead atoms. The van der Waals surface area contributed by atoms with Gasteiger partial charge in [0, 0.05) is 35.2 Å². The lowest BCUT2D eigenvalue weighted by atomic mass is 10.2. The Balaban J connectivity index is 2.05. The first-order valence-corrected chi connectivity index (χ1v) is 10.3. The Morgan fingerprint density at radius 3 is 2.41 bits per heavy atom. The van der Waals surface area contributed by atoms with Gasteiger partial charge in [-0.15, -0.1) is 0 Å². The van der Waals surface area contributed by atoms with Gasteiger partial charge in [-0.2, -0.15) is 14.0 Å². The van der Waals surface area contributed by atoms with E-state index in [1.54, 1.807) is 24.3 Å². The van der Waals surface area contributed by atoms with Crippen molar-refractivity contribution in [1.29, 1.82) is 0 Å². The quantitative estimate of drug-likeness (QED) is 0.275. The Labute approximate surface area is 162 Å². The van der Waals surface area contributed by atoms with Crippen LogP contribution in [0, 0.1) is 20.4 Å². The molecular formula is C15H11ClN2O7S2. The molecule has 0 fully saturated rings. The third kappa shape index (κ3) is 4.65. The second-order valence-corrected chi connectivity index (χ2v) is 8.64. The SMILES string of the molecule is COc1cccc(C2=S(O[Cl+3]([O-])([O-])[O-])C(c3ccc([N+](=O)[O-])cc3)=NS2)c1. The molecule has 1 atom stereocenters. The van der Waals surface area contributed by atoms with Crippen LogP contribution in [0.3, 0.4) is 0 Å². The highest BCUT2D eigenvalue weighted by Crippen LogP contribution is 2.41. The van der Waals surface area contributed by atoms with E-state index in [0.717, 1.165) is 11.9 Å². The third-order valence-corrected chi connectivity index (χ3v) is 7.17. The summed E-state index contributed by atoms with van der Waals surface area (Å²) in [5, 5.41) is 11.0. The normalized spacial score (nSPS) is 17.0. The van der Waals surface area contributed by atoms with Crippen LogP contribution in [-0.2, 0) is 3.74 Å². The van der Waals surface area contributed by atoms with Gasteiger partial charge in [0.1, 0.15) is 18.7 Å². The molecule has 0 aromatic heterocycles. The molecule has 9 nitrogen and oxygen atoms in total. The minimum atomic E-state index is -4.72. The number of ether oxygens (including phenoxy) is 1. The highest BCUT2D eigenvalue weighted by atomic mass is 35.7. The summed E-state index contributed by atoms with van der Waals surface area (Å²) < 4.78 is 48.2. The average Bonchev–Trinajstić information content (AvgIpc) is 3.03. The molecule has 0 saturated carbocycles. The first-order chi connectivity index (χ1) is 12.8. The topological polar surface area (TPSA) is 143 Å². The molecule has 0 saturated heterocycles. The van der Waals surface area contributed by atoms with Crippen LogP contribution in [0.5, 0.6) is 5.75 Å². The van der Waals surface area contributed by atoms with Gasteiger partial charge < -0.3 is 4.74 Å². The van der Waals surface area contributed by atoms with Crippen molar-refractivity contribution in [3.8, 4) is 5.75 Å². The number of hydrogen-bond acceptors (Lipinski definition) is 9. The van der Waals surface area contributed by atoms with Crippen LogP contribution >= 0.6 is 22.7 Å². The molecule has 1 aliphatic rings. The zero-order valence-corrected chi connectivity index (χ0v) is 16.0. The number of nitrogens with zero attached hydrogens (tertiary/aromatic N) is 2. The molecule has 142 valence electrons. The van der Waals surface area contributed by atoms with Crippen molar-refractivity contribution in [1.82, 2.24) is 0 Å². The number of methoxy groups -OCH3 is 1. The second kappa shape index (κ2) is 7.94. The Hall–Kier alpha value is -1.99. The average molecular weight is 431 g/mol. The van der Waals surface area contributed by atoms with E-state index in [4.69, 9.17) is 8.47 Å². The number of hydrogen-bond donors (Lipinski definition) is 0. The fourth-order valence-corrected chi connectivity index (χ4v) is 5.86. The van der Waals surface area contributed by atoms with E-state index in [1.165, 1.54) is 31.4 Å². The summed E-state index contributed by atoms with van der Waals surface area (Å²) in [6.07, 6.45) is 0. The molecule has 2 aromatic carbocycles. The molecule has 0 spiro atoms. The van der Waals surface area contributed by atoms with Crippen molar-refractivity contribution in [2.75, 3.05) is 7.11 Å². The van der Waals surface area contributed by atoms with E-state index in [9.17, 15) is 24.1 Å². The van der Waals surface area contributed by atoms with E-state index in [1.807, 2.05) is 0 Å². The molecule has 0 aliphatic carbocycles. The second-order valence-electron chi connectivity index (χ2n) is 5.02. The zero-order chi connectivity index (χ0) is 19.6. The molecule has 0 radical (unpaired) electrons. The maximum Gasteiger partial charge on any atom is 0.269 e. The van der Waals surface area contributed by atoms with Gasteiger partial charge in [-0.1, -0.05) is 12.1 Å². The lowest BCUT2D eigenvalue weighted by Gasteiger charge is -2.14. The number of nitro benzene ring substituents is 1. The van der Waals surface area contributed by atoms with Crippen molar-refractivity contribution < 1.29 is 37.6 Å². The van der Waals surface area contributed by atoms with Gasteiger partial charge >= 0.3 is 0 Å². The van der Waals surface area contributed by atoms with Gasteiger partial charge in [-0.3, -0.25) is 10.1 Å². The molecule has 3 rings (SSSR count). The van der Waals surface area contributed by atoms with Crippen molar-refractivity contribution in [3.05, 3.63) is 69.8 Å². The Bertz CT molecular complexity index is 942. The summed E-state index contributed by atoms with van der Waals surface area (Å²) in [7, 11) is -4.84. The molecule has 1 heterocycles. The summed E-state index contributed by atoms with van der Waals surface area (Å²) in [5.74, 6) is 0.537. The molecule has 12 heteroatoms. The van der Waals surface area contributed by atoms with E-state index in [-0.39, 0.29) is 10.7 Å². The minimum absolute atomic E-state index is 0.127. The van der Waals surface area contributed by atoms with Crippen molar-refractivity contribution in [2.45, 2.75) is 0 Å². The largest absolute Gasteiger partial charge is 0.497 e. The Kier molecular flexibility index (Phi) is 5.81. The summed E-state index contributed by atoms with van der Waals surface area (Å²) in [4.78, 5) is 10.2. The summed E-state index contributed by atoms with van der Waals surface area (Å²) >= 11 is 0.972. The fraction of sp³-hybridized carbons (Fsp3) is 0.0667. The lowest BCUT2D eigenvalue weighted by molar-refractivity contribution is -1.91. The van der Waals surface area contributed by atoms with Crippen LogP contribution in [0.15, 0.2) is 52.9 Å². The number of rotatable bonds is 6. The number of halogens is 1. The molecule has 0 N–H and O–H groups in total. The van der Waals surface area contributed by atoms with Crippen molar-refractivity contribution in [3.63, 3.8) is 0 Å². The maximum absolute atomic E-state index is 11.2. The molecule has 1 aliphatic heterocycles. The molecular weight excluding hydrogens is 420 g/mol. The molecule has 27 heavy (non-hydrogen) atoms. The van der Waals surface area contributed by atoms with Crippen LogP contribution in [-0.4, -0.2) is 21.3 Å². The van der Waals surface area contributed by atoms with Crippen molar-refractivity contribution >= 4 is 37.6 Å². The maximum atomic E-state index is 11.2. The van der Waals surface area contributed by atoms with Gasteiger partial charge in [0.25, 0.3) is 5.69 Å². The monoisotopic (exact) mass is 430 g/mol. The molecule has 1 unspecified atom stereocenters. The minimum Gasteiger partial charge on any atom is -0.497 e. The molecule has 2 aromatic rings. The summed E-state index contributed by atoms with van der Waals surface area (Å²) in [5.41, 5.74) is 0.868. The Morgan fingerprint density at radius 1 is 1.11 bits per heavy atom. The predicted molar refractivity (Wildman–Crippen MR) is 93.0 cm³/mol. The third-order valence-electron chi connectivity index (χ3n) is 3.33. The van der Waals surface area contributed by atoms with Crippen LogP contribution < -0.4 is 18.7 Å². The Morgan fingerprint density at radius 2 is 1.81 bits per heavy atom. The van der Waals surface area contributed by atoms with E-state index in [0.29, 0.717) is 21.1 Å². The van der Waals surface area contributed by atoms with Crippen LogP contribution in [0.25, 0.3) is 0 Å². The van der Waals surface area contributed by atoms with Crippen molar-refractivity contribution in [2.24, 2.45) is 4.40 Å². The highest BCUT2D eigenvalue weighted by molar-refractivity contribution is 8.41. The van der Waals surface area contributed by atoms with E-state index in [2.05, 4.69) is 4.40 Å². The number of nitro groups is 1. The van der Waals surface area contributed by atoms with Gasteiger partial charge in [0.15, 0.2) is 10.8 Å². The van der Waals surface area contributed by atoms with E-state index < -0.39 is 25.9 Å². The van der Waals surface area contributed by atoms with Gasteiger partial charge in [0.2, 0.25) is 0 Å². The van der Waals surface area contributed by atoms with Gasteiger partial charge in [-0.25, -0.2) is 4.40 Å². The standard InChI is InChI=1S/C15H11ClN2O7S2/c1-24-13-4-2-3-11(9-13)15-26-17-14(27(15)25-16(19,20)21)10-5-7-12(8-6-10)18(22)23/h2-9H,1H3. The fourth-order valence-electron chi connectivity index (χ4n) is 2.17. The first-order valence-electron chi connectivity index (χ1n) is 7.15. The van der Waals surface area contributed by atoms with Crippen LogP contribution in [0.2, 0.25) is 0 Å². The highest BCUT2D eigenvalue weighted by Gasteiger charge is 2.35. The predicted octanol–water partition coefficient (Wildman–Crippen LogP) is 0.288. The summed E-state index contributed by atoms with van der Waals surface area (Å²) in [6.45, 7) is 0. The summed E-state index contributed by atoms with van der Waals surface area (Å²) in [6, 6.07) is 12.1. The number of benzene rings is 2. The zero-order valence-electron chi connectivity index (χ0n) is 13.6. The van der Waals surface area contributed by atoms with Gasteiger partial charge in [0.05, 0.1) is 22.3 Å². The molecule has 0 amide bonds. The van der Waals surface area contributed by atoms with E-state index >= 15 is 0 Å².